The number of hydrogen-bond acceptors (Lipinski definition) is 6. The molecule has 1 heterocycles. The van der Waals surface area contributed by atoms with E-state index < -0.39 is 11.0 Å². The van der Waals surface area contributed by atoms with Gasteiger partial charge in [-0.15, -0.1) is 0 Å². The smallest absolute Gasteiger partial charge is 0.410 e. The van der Waals surface area contributed by atoms with Crippen molar-refractivity contribution in [3.05, 3.63) is 75.8 Å². The number of nitrogens with zero attached hydrogens (tertiary/aromatic N) is 2. The Kier molecular flexibility index (Phi) is 6.08. The molecule has 8 heteroatoms. The maximum absolute atomic E-state index is 12.2. The third-order valence-corrected chi connectivity index (χ3v) is 5.36. The standard InChI is InChI=1S/C19H18N2O5S/c22-18(15-4-2-1-3-5-15)27-17-10-11-20(12-17)19(23)26-13-14-6-8-16(9-7-14)21(24)25/h1-9,17H,10-13H2. The molecule has 1 amide bonds. The molecule has 1 aliphatic heterocycles. The number of hydrogen-bond donors (Lipinski definition) is 0. The van der Waals surface area contributed by atoms with Crippen molar-refractivity contribution in [1.29, 1.82) is 0 Å². The lowest BCUT2D eigenvalue weighted by molar-refractivity contribution is -0.384. The van der Waals surface area contributed by atoms with E-state index >= 15 is 0 Å². The number of rotatable bonds is 5. The van der Waals surface area contributed by atoms with Crippen molar-refractivity contribution in [3.8, 4) is 0 Å². The second-order valence-corrected chi connectivity index (χ2v) is 7.38. The van der Waals surface area contributed by atoms with Gasteiger partial charge in [-0.25, -0.2) is 4.79 Å². The van der Waals surface area contributed by atoms with Crippen LogP contribution in [0.2, 0.25) is 0 Å². The average Bonchev–Trinajstić information content (AvgIpc) is 3.15. The Bertz CT molecular complexity index is 826. The highest BCUT2D eigenvalue weighted by atomic mass is 32.2. The number of non-ortho nitro benzene ring substituents is 1. The van der Waals surface area contributed by atoms with E-state index in [4.69, 9.17) is 4.74 Å². The number of thioether (sulfide) groups is 1. The van der Waals surface area contributed by atoms with E-state index in [-0.39, 0.29) is 22.7 Å². The van der Waals surface area contributed by atoms with Crippen LogP contribution >= 0.6 is 11.8 Å². The van der Waals surface area contributed by atoms with Crippen LogP contribution in [0.4, 0.5) is 10.5 Å². The Balaban J connectivity index is 1.46. The fraction of sp³-hybridized carbons (Fsp3) is 0.263. The number of nitro groups is 1. The highest BCUT2D eigenvalue weighted by Crippen LogP contribution is 2.26. The normalized spacial score (nSPS) is 16.1. The first-order valence-electron chi connectivity index (χ1n) is 8.44. The summed E-state index contributed by atoms with van der Waals surface area (Å²) in [4.78, 5) is 36.2. The third-order valence-electron chi connectivity index (χ3n) is 4.20. The van der Waals surface area contributed by atoms with Crippen molar-refractivity contribution in [3.63, 3.8) is 0 Å². The minimum atomic E-state index is -0.478. The van der Waals surface area contributed by atoms with Crippen molar-refractivity contribution < 1.29 is 19.2 Å². The van der Waals surface area contributed by atoms with Crippen LogP contribution in [0.3, 0.4) is 0 Å². The van der Waals surface area contributed by atoms with Gasteiger partial charge in [-0.1, -0.05) is 42.1 Å². The minimum absolute atomic E-state index is 0.00157. The van der Waals surface area contributed by atoms with E-state index in [1.165, 1.54) is 23.9 Å². The van der Waals surface area contributed by atoms with Gasteiger partial charge in [0, 0.05) is 36.0 Å². The van der Waals surface area contributed by atoms with Crippen molar-refractivity contribution in [2.24, 2.45) is 0 Å². The molecule has 0 saturated carbocycles. The predicted octanol–water partition coefficient (Wildman–Crippen LogP) is 3.88. The molecule has 1 saturated heterocycles. The number of nitro benzene ring substituents is 1. The van der Waals surface area contributed by atoms with Gasteiger partial charge in [0.2, 0.25) is 5.12 Å². The quantitative estimate of drug-likeness (QED) is 0.572. The molecule has 0 spiro atoms. The van der Waals surface area contributed by atoms with E-state index in [0.717, 1.165) is 6.42 Å². The van der Waals surface area contributed by atoms with E-state index in [2.05, 4.69) is 0 Å². The van der Waals surface area contributed by atoms with Gasteiger partial charge in [0.05, 0.1) is 4.92 Å². The summed E-state index contributed by atoms with van der Waals surface area (Å²) in [7, 11) is 0. The van der Waals surface area contributed by atoms with Crippen molar-refractivity contribution in [1.82, 2.24) is 4.90 Å². The molecule has 7 nitrogen and oxygen atoms in total. The zero-order chi connectivity index (χ0) is 19.2. The van der Waals surface area contributed by atoms with Crippen LogP contribution in [0.25, 0.3) is 0 Å². The molecule has 1 atom stereocenters. The van der Waals surface area contributed by atoms with Crippen molar-refractivity contribution in [2.45, 2.75) is 18.3 Å². The summed E-state index contributed by atoms with van der Waals surface area (Å²) in [5.41, 5.74) is 1.33. The number of carbonyl (C=O) groups is 2. The molecule has 27 heavy (non-hydrogen) atoms. The van der Waals surface area contributed by atoms with Gasteiger partial charge in [0.15, 0.2) is 0 Å². The van der Waals surface area contributed by atoms with Gasteiger partial charge in [-0.3, -0.25) is 14.9 Å². The molecule has 0 N–H and O–H groups in total. The zero-order valence-corrected chi connectivity index (χ0v) is 15.3. The monoisotopic (exact) mass is 386 g/mol. The first kappa shape index (κ1) is 18.9. The Hall–Kier alpha value is -2.87. The lowest BCUT2D eigenvalue weighted by Crippen LogP contribution is -2.29. The van der Waals surface area contributed by atoms with E-state index in [9.17, 15) is 19.7 Å². The van der Waals surface area contributed by atoms with Gasteiger partial charge in [-0.2, -0.15) is 0 Å². The number of likely N-dealkylation sites (tertiary alicyclic amines) is 1. The summed E-state index contributed by atoms with van der Waals surface area (Å²) >= 11 is 1.25. The summed E-state index contributed by atoms with van der Waals surface area (Å²) in [5.74, 6) is 0. The first-order chi connectivity index (χ1) is 13.0. The zero-order valence-electron chi connectivity index (χ0n) is 14.4. The van der Waals surface area contributed by atoms with Crippen LogP contribution in [-0.4, -0.2) is 39.4 Å². The first-order valence-corrected chi connectivity index (χ1v) is 9.32. The Morgan fingerprint density at radius 2 is 1.85 bits per heavy atom. The van der Waals surface area contributed by atoms with Gasteiger partial charge in [-0.05, 0) is 24.1 Å². The van der Waals surface area contributed by atoms with Crippen LogP contribution in [0.1, 0.15) is 22.3 Å². The highest BCUT2D eigenvalue weighted by Gasteiger charge is 2.29. The number of amides is 1. The molecule has 3 rings (SSSR count). The van der Waals surface area contributed by atoms with Crippen LogP contribution in [0.15, 0.2) is 54.6 Å². The molecule has 1 fully saturated rings. The molecule has 2 aromatic rings. The SMILES string of the molecule is O=C(SC1CCN(C(=O)OCc2ccc([N+](=O)[O-])cc2)C1)c1ccccc1. The summed E-state index contributed by atoms with van der Waals surface area (Å²) in [6.45, 7) is 1.05. The minimum Gasteiger partial charge on any atom is -0.445 e. The summed E-state index contributed by atoms with van der Waals surface area (Å²) < 4.78 is 5.27. The molecule has 0 bridgehead atoms. The number of ether oxygens (including phenoxy) is 1. The van der Waals surface area contributed by atoms with Gasteiger partial charge < -0.3 is 9.64 Å². The maximum atomic E-state index is 12.2. The van der Waals surface area contributed by atoms with E-state index in [1.54, 1.807) is 29.2 Å². The van der Waals surface area contributed by atoms with Gasteiger partial charge in [0.25, 0.3) is 5.69 Å². The third kappa shape index (κ3) is 5.07. The second kappa shape index (κ2) is 8.68. The summed E-state index contributed by atoms with van der Waals surface area (Å²) in [6.07, 6.45) is 0.291. The van der Waals surface area contributed by atoms with E-state index in [1.807, 2.05) is 18.2 Å². The molecule has 2 aromatic carbocycles. The fourth-order valence-electron chi connectivity index (χ4n) is 2.73. The van der Waals surface area contributed by atoms with E-state index in [0.29, 0.717) is 24.2 Å². The number of benzene rings is 2. The lowest BCUT2D eigenvalue weighted by Gasteiger charge is -2.16. The lowest BCUT2D eigenvalue weighted by atomic mass is 10.2. The Morgan fingerprint density at radius 3 is 2.52 bits per heavy atom. The molecule has 1 aliphatic rings. The predicted molar refractivity (Wildman–Crippen MR) is 102 cm³/mol. The van der Waals surface area contributed by atoms with Crippen LogP contribution in [-0.2, 0) is 11.3 Å². The molecule has 0 aliphatic carbocycles. The molecule has 0 radical (unpaired) electrons. The summed E-state index contributed by atoms with van der Waals surface area (Å²) in [5, 5.41) is 10.7. The largest absolute Gasteiger partial charge is 0.445 e. The van der Waals surface area contributed by atoms with Crippen LogP contribution in [0, 0.1) is 10.1 Å². The van der Waals surface area contributed by atoms with Crippen molar-refractivity contribution >= 4 is 28.7 Å². The molecule has 140 valence electrons. The maximum Gasteiger partial charge on any atom is 0.410 e. The molecular weight excluding hydrogens is 368 g/mol. The molecule has 1 unspecified atom stereocenters. The second-order valence-electron chi connectivity index (χ2n) is 6.11. The average molecular weight is 386 g/mol. The van der Waals surface area contributed by atoms with Crippen molar-refractivity contribution in [2.75, 3.05) is 13.1 Å². The topological polar surface area (TPSA) is 89.8 Å². The molecule has 0 aromatic heterocycles. The van der Waals surface area contributed by atoms with Crippen LogP contribution < -0.4 is 0 Å². The fourth-order valence-corrected chi connectivity index (χ4v) is 3.79. The van der Waals surface area contributed by atoms with Crippen LogP contribution in [0.5, 0.6) is 0 Å². The number of carbonyl (C=O) groups excluding carboxylic acids is 2. The highest BCUT2D eigenvalue weighted by molar-refractivity contribution is 8.14. The Labute approximate surface area is 160 Å². The Morgan fingerprint density at radius 1 is 1.15 bits per heavy atom. The van der Waals surface area contributed by atoms with Gasteiger partial charge in [0.1, 0.15) is 6.61 Å². The van der Waals surface area contributed by atoms with Gasteiger partial charge >= 0.3 is 6.09 Å². The molecular formula is C19H18N2O5S. The summed E-state index contributed by atoms with van der Waals surface area (Å²) in [6, 6.07) is 14.9.